The highest BCUT2D eigenvalue weighted by molar-refractivity contribution is 7.15. The largest absolute Gasteiger partial charge is 0.481 e. The van der Waals surface area contributed by atoms with Crippen LogP contribution in [0, 0.1) is 26.7 Å². The zero-order valence-corrected chi connectivity index (χ0v) is 23.8. The van der Waals surface area contributed by atoms with Gasteiger partial charge in [-0.3, -0.25) is 19.0 Å². The molecule has 0 saturated heterocycles. The first-order valence-electron chi connectivity index (χ1n) is 12.6. The van der Waals surface area contributed by atoms with Crippen LogP contribution in [0.1, 0.15) is 72.6 Å². The predicted molar refractivity (Wildman–Crippen MR) is 150 cm³/mol. The minimum Gasteiger partial charge on any atom is -0.481 e. The van der Waals surface area contributed by atoms with Crippen molar-refractivity contribution in [2.24, 2.45) is 18.0 Å². The van der Waals surface area contributed by atoms with Crippen LogP contribution in [0.3, 0.4) is 0 Å². The van der Waals surface area contributed by atoms with Crippen molar-refractivity contribution in [3.05, 3.63) is 69.2 Å². The van der Waals surface area contributed by atoms with Gasteiger partial charge in [-0.05, 0) is 45.4 Å². The third kappa shape index (κ3) is 4.32. The predicted octanol–water partition coefficient (Wildman–Crippen LogP) is 5.64. The fourth-order valence-electron chi connectivity index (χ4n) is 4.63. The number of carboxylic acids is 1. The highest BCUT2D eigenvalue weighted by atomic mass is 32.1. The second kappa shape index (κ2) is 9.20. The lowest BCUT2D eigenvalue weighted by Gasteiger charge is -2.16. The molecule has 1 aliphatic rings. The maximum Gasteiger partial charge on any atom is 0.308 e. The Balaban J connectivity index is 1.59. The Labute approximate surface area is 226 Å². The summed E-state index contributed by atoms with van der Waals surface area (Å²) in [4.78, 5) is 18.3. The van der Waals surface area contributed by atoms with E-state index in [1.165, 1.54) is 4.88 Å². The molecule has 1 unspecified atom stereocenters. The van der Waals surface area contributed by atoms with Gasteiger partial charge in [0.2, 0.25) is 0 Å². The van der Waals surface area contributed by atoms with Gasteiger partial charge in [-0.1, -0.05) is 32.9 Å². The topological polar surface area (TPSA) is 110 Å². The molecular formula is C28H33N7O2S. The maximum absolute atomic E-state index is 12.1. The van der Waals surface area contributed by atoms with Crippen LogP contribution in [0.25, 0.3) is 5.00 Å². The molecule has 0 bridgehead atoms. The van der Waals surface area contributed by atoms with Gasteiger partial charge < -0.3 is 10.4 Å². The first-order chi connectivity index (χ1) is 17.9. The molecule has 0 amide bonds. The highest BCUT2D eigenvalue weighted by Crippen LogP contribution is 2.40. The third-order valence-corrected chi connectivity index (χ3v) is 8.32. The number of nitrogens with one attached hydrogen (secondary N) is 1. The van der Waals surface area contributed by atoms with Crippen LogP contribution in [0.5, 0.6) is 0 Å². The smallest absolute Gasteiger partial charge is 0.308 e. The molecule has 2 atom stereocenters. The summed E-state index contributed by atoms with van der Waals surface area (Å²) in [7, 11) is 1.93. The number of carbonyl (C=O) groups is 1. The van der Waals surface area contributed by atoms with E-state index in [0.717, 1.165) is 44.6 Å². The maximum atomic E-state index is 12.1. The van der Waals surface area contributed by atoms with Crippen molar-refractivity contribution in [2.75, 3.05) is 5.32 Å². The molecule has 2 N–H and O–H groups in total. The van der Waals surface area contributed by atoms with Gasteiger partial charge in [0.05, 0.1) is 17.3 Å². The van der Waals surface area contributed by atoms with Crippen molar-refractivity contribution in [2.45, 2.75) is 59.9 Å². The van der Waals surface area contributed by atoms with Crippen LogP contribution in [-0.4, -0.2) is 41.3 Å². The SMILES string of the molecule is Cc1sc2c(c1C)C(c1ccc(Nc3cc(C(C)(C)C)nn3C)cc1)=N[C@@H](C(C)C(=O)O)c1nnc(C)n1-2. The van der Waals surface area contributed by atoms with E-state index >= 15 is 0 Å². The van der Waals surface area contributed by atoms with Crippen molar-refractivity contribution in [3.63, 3.8) is 0 Å². The number of aryl methyl sites for hydroxylation is 3. The van der Waals surface area contributed by atoms with Crippen LogP contribution in [0.4, 0.5) is 11.5 Å². The molecule has 1 aliphatic heterocycles. The first kappa shape index (κ1) is 25.8. The molecule has 38 heavy (non-hydrogen) atoms. The van der Waals surface area contributed by atoms with Crippen LogP contribution in [-0.2, 0) is 17.3 Å². The van der Waals surface area contributed by atoms with Crippen molar-refractivity contribution in [1.82, 2.24) is 24.5 Å². The summed E-state index contributed by atoms with van der Waals surface area (Å²) in [5, 5.41) is 27.7. The normalized spacial score (nSPS) is 15.9. The molecule has 0 aliphatic carbocycles. The Kier molecular flexibility index (Phi) is 6.25. The molecular weight excluding hydrogens is 498 g/mol. The Hall–Kier alpha value is -3.79. The Morgan fingerprint density at radius 3 is 2.42 bits per heavy atom. The standard InChI is InChI=1S/C28H33N7O2S/c1-14-16(3)38-26-22(14)24(30-23(15(2)27(36)37)25-32-31-17(4)35(25)26)18-9-11-19(12-10-18)29-21-13-20(28(5,6)7)33-34(21)8/h9-13,15,23,29H,1-8H3,(H,36,37)/t15?,23-/m0/s1. The molecule has 5 rings (SSSR count). The first-order valence-corrected chi connectivity index (χ1v) is 13.4. The third-order valence-electron chi connectivity index (χ3n) is 7.13. The average molecular weight is 532 g/mol. The molecule has 0 fully saturated rings. The fourth-order valence-corrected chi connectivity index (χ4v) is 5.84. The van der Waals surface area contributed by atoms with E-state index < -0.39 is 17.9 Å². The number of aliphatic imine (C=N–C) groups is 1. The molecule has 198 valence electrons. The minimum atomic E-state index is -0.922. The minimum absolute atomic E-state index is 0.0429. The number of benzene rings is 1. The number of thiophene rings is 1. The Bertz CT molecular complexity index is 1570. The Morgan fingerprint density at radius 2 is 1.82 bits per heavy atom. The van der Waals surface area contributed by atoms with Crippen molar-refractivity contribution < 1.29 is 9.90 Å². The zero-order valence-electron chi connectivity index (χ0n) is 23.0. The number of aliphatic carboxylic acids is 1. The van der Waals surface area contributed by atoms with Crippen LogP contribution >= 0.6 is 11.3 Å². The lowest BCUT2D eigenvalue weighted by molar-refractivity contribution is -0.141. The average Bonchev–Trinajstić information content (AvgIpc) is 3.47. The number of anilines is 2. The van der Waals surface area contributed by atoms with E-state index in [1.807, 2.05) is 47.5 Å². The van der Waals surface area contributed by atoms with Crippen LogP contribution < -0.4 is 5.32 Å². The number of hydrogen-bond donors (Lipinski definition) is 2. The molecule has 3 aromatic heterocycles. The molecule has 0 radical (unpaired) electrons. The van der Waals surface area contributed by atoms with E-state index in [1.54, 1.807) is 18.3 Å². The molecule has 9 nitrogen and oxygen atoms in total. The molecule has 4 aromatic rings. The zero-order chi connectivity index (χ0) is 27.5. The fraction of sp³-hybridized carbons (Fsp3) is 0.393. The summed E-state index contributed by atoms with van der Waals surface area (Å²) < 4.78 is 3.83. The van der Waals surface area contributed by atoms with E-state index in [0.29, 0.717) is 11.6 Å². The van der Waals surface area contributed by atoms with Crippen molar-refractivity contribution in [3.8, 4) is 5.00 Å². The number of carboxylic acid groups (broad SMARTS) is 1. The van der Waals surface area contributed by atoms with E-state index in [4.69, 9.17) is 4.99 Å². The van der Waals surface area contributed by atoms with E-state index in [9.17, 15) is 9.90 Å². The summed E-state index contributed by atoms with van der Waals surface area (Å²) in [6.45, 7) is 14.2. The molecule has 4 heterocycles. The molecule has 0 saturated carbocycles. The molecule has 1 aromatic carbocycles. The number of hydrogen-bond acceptors (Lipinski definition) is 7. The van der Waals surface area contributed by atoms with Crippen molar-refractivity contribution in [1.29, 1.82) is 0 Å². The lowest BCUT2D eigenvalue weighted by Crippen LogP contribution is -2.21. The summed E-state index contributed by atoms with van der Waals surface area (Å²) in [5.41, 5.74) is 5.71. The lowest BCUT2D eigenvalue weighted by atomic mass is 9.92. The van der Waals surface area contributed by atoms with Crippen LogP contribution in [0.15, 0.2) is 35.3 Å². The second-order valence-electron chi connectivity index (χ2n) is 10.9. The number of rotatable bonds is 5. The van der Waals surface area contributed by atoms with Gasteiger partial charge in [0.25, 0.3) is 0 Å². The summed E-state index contributed by atoms with van der Waals surface area (Å²) >= 11 is 1.66. The molecule has 10 heteroatoms. The monoisotopic (exact) mass is 531 g/mol. The Morgan fingerprint density at radius 1 is 1.13 bits per heavy atom. The number of nitrogens with zero attached hydrogens (tertiary/aromatic N) is 6. The van der Waals surface area contributed by atoms with Gasteiger partial charge in [0.15, 0.2) is 5.82 Å². The van der Waals surface area contributed by atoms with Crippen LogP contribution in [0.2, 0.25) is 0 Å². The highest BCUT2D eigenvalue weighted by Gasteiger charge is 2.36. The summed E-state index contributed by atoms with van der Waals surface area (Å²) in [5.74, 6) is 0.482. The van der Waals surface area contributed by atoms with E-state index in [2.05, 4.69) is 61.3 Å². The van der Waals surface area contributed by atoms with E-state index in [-0.39, 0.29) is 5.41 Å². The quantitative estimate of drug-likeness (QED) is 0.345. The summed E-state index contributed by atoms with van der Waals surface area (Å²) in [6, 6.07) is 9.48. The summed E-state index contributed by atoms with van der Waals surface area (Å²) in [6.07, 6.45) is 0. The van der Waals surface area contributed by atoms with Gasteiger partial charge in [-0.2, -0.15) is 5.10 Å². The second-order valence-corrected chi connectivity index (χ2v) is 12.1. The number of aromatic nitrogens is 5. The van der Waals surface area contributed by atoms with Gasteiger partial charge in [-0.15, -0.1) is 21.5 Å². The van der Waals surface area contributed by atoms with Crippen molar-refractivity contribution >= 4 is 34.5 Å². The van der Waals surface area contributed by atoms with Gasteiger partial charge in [0.1, 0.15) is 22.7 Å². The number of fused-ring (bicyclic) bond motifs is 3. The van der Waals surface area contributed by atoms with Gasteiger partial charge >= 0.3 is 5.97 Å². The van der Waals surface area contributed by atoms with Gasteiger partial charge in [0, 0.05) is 40.2 Å². The van der Waals surface area contributed by atoms with Gasteiger partial charge in [-0.25, -0.2) is 0 Å². The molecule has 0 spiro atoms.